The quantitative estimate of drug-likeness (QED) is 0.815. The molecule has 2 N–H and O–H groups in total. The average molecular weight is 397 g/mol. The Bertz CT molecular complexity index is 818. The molecule has 0 spiro atoms. The molecule has 0 aromatic heterocycles. The number of amides is 1. The van der Waals surface area contributed by atoms with Crippen molar-refractivity contribution in [1.82, 2.24) is 4.72 Å². The van der Waals surface area contributed by atoms with E-state index in [1.54, 1.807) is 18.2 Å². The molecule has 2 rings (SSSR count). The van der Waals surface area contributed by atoms with Crippen molar-refractivity contribution in [3.05, 3.63) is 58.1 Å². The zero-order valence-corrected chi connectivity index (χ0v) is 15.2. The Balaban J connectivity index is 2.01. The number of carbonyl (C=O) groups is 1. The number of hydrogen-bond acceptors (Lipinski definition) is 3. The molecular formula is C16H17BrN2O3S. The molecule has 23 heavy (non-hydrogen) atoms. The van der Waals surface area contributed by atoms with Crippen LogP contribution in [0.15, 0.2) is 51.8 Å². The lowest BCUT2D eigenvalue weighted by Crippen LogP contribution is -2.33. The molecular weight excluding hydrogens is 380 g/mol. The molecule has 0 bridgehead atoms. The molecule has 0 atom stereocenters. The molecule has 5 nitrogen and oxygen atoms in total. The summed E-state index contributed by atoms with van der Waals surface area (Å²) in [6, 6.07) is 11.8. The Hall–Kier alpha value is -1.70. The topological polar surface area (TPSA) is 75.3 Å². The van der Waals surface area contributed by atoms with Crippen LogP contribution in [0.3, 0.4) is 0 Å². The fourth-order valence-corrected chi connectivity index (χ4v) is 3.19. The first-order chi connectivity index (χ1) is 10.8. The van der Waals surface area contributed by atoms with Crippen LogP contribution in [-0.2, 0) is 14.8 Å². The molecule has 1 amide bonds. The highest BCUT2D eigenvalue weighted by Gasteiger charge is 2.15. The molecule has 0 unspecified atom stereocenters. The Morgan fingerprint density at radius 1 is 1.09 bits per heavy atom. The molecule has 122 valence electrons. The number of hydrogen-bond donors (Lipinski definition) is 2. The van der Waals surface area contributed by atoms with Crippen LogP contribution in [0.1, 0.15) is 11.1 Å². The number of benzene rings is 2. The molecule has 0 aliphatic carbocycles. The van der Waals surface area contributed by atoms with Gasteiger partial charge in [-0.2, -0.15) is 0 Å². The minimum Gasteiger partial charge on any atom is -0.325 e. The second-order valence-corrected chi connectivity index (χ2v) is 7.76. The van der Waals surface area contributed by atoms with Crippen molar-refractivity contribution in [3.8, 4) is 0 Å². The number of rotatable bonds is 5. The van der Waals surface area contributed by atoms with E-state index in [-0.39, 0.29) is 11.4 Å². The van der Waals surface area contributed by atoms with Crippen LogP contribution >= 0.6 is 15.9 Å². The maximum atomic E-state index is 12.1. The van der Waals surface area contributed by atoms with E-state index in [4.69, 9.17) is 0 Å². The zero-order valence-electron chi connectivity index (χ0n) is 12.8. The minimum absolute atomic E-state index is 0.111. The predicted octanol–water partition coefficient (Wildman–Crippen LogP) is 2.98. The second-order valence-electron chi connectivity index (χ2n) is 5.07. The number of nitrogens with one attached hydrogen (secondary N) is 2. The van der Waals surface area contributed by atoms with Crippen molar-refractivity contribution in [2.75, 3.05) is 11.9 Å². The first-order valence-corrected chi connectivity index (χ1v) is 9.18. The summed E-state index contributed by atoms with van der Waals surface area (Å²) in [7, 11) is -3.71. The molecule has 0 radical (unpaired) electrons. The summed E-state index contributed by atoms with van der Waals surface area (Å²) in [4.78, 5) is 12.1. The first kappa shape index (κ1) is 17.7. The summed E-state index contributed by atoms with van der Waals surface area (Å²) >= 11 is 3.24. The van der Waals surface area contributed by atoms with Crippen LogP contribution in [-0.4, -0.2) is 20.9 Å². The van der Waals surface area contributed by atoms with Crippen LogP contribution in [0.5, 0.6) is 0 Å². The van der Waals surface area contributed by atoms with E-state index in [9.17, 15) is 13.2 Å². The van der Waals surface area contributed by atoms with Crippen molar-refractivity contribution >= 4 is 37.5 Å². The summed E-state index contributed by atoms with van der Waals surface area (Å²) in [5.41, 5.74) is 2.69. The standard InChI is InChI=1S/C16H17BrN2O3S/c1-11-4-3-5-15(12(11)2)19-16(20)10-18-23(21,22)14-8-6-13(17)7-9-14/h3-9,18H,10H2,1-2H3,(H,19,20). The van der Waals surface area contributed by atoms with Gasteiger partial charge in [-0.1, -0.05) is 28.1 Å². The van der Waals surface area contributed by atoms with E-state index >= 15 is 0 Å². The molecule has 0 saturated carbocycles. The van der Waals surface area contributed by atoms with Crippen molar-refractivity contribution in [2.24, 2.45) is 0 Å². The van der Waals surface area contributed by atoms with E-state index in [2.05, 4.69) is 26.0 Å². The highest BCUT2D eigenvalue weighted by atomic mass is 79.9. The molecule has 2 aromatic rings. The maximum absolute atomic E-state index is 12.1. The van der Waals surface area contributed by atoms with Gasteiger partial charge in [0.15, 0.2) is 0 Å². The van der Waals surface area contributed by atoms with E-state index in [0.717, 1.165) is 15.6 Å². The zero-order chi connectivity index (χ0) is 17.0. The van der Waals surface area contributed by atoms with Crippen LogP contribution in [0.2, 0.25) is 0 Å². The number of aryl methyl sites for hydroxylation is 1. The number of carbonyl (C=O) groups excluding carboxylic acids is 1. The number of anilines is 1. The maximum Gasteiger partial charge on any atom is 0.241 e. The highest BCUT2D eigenvalue weighted by Crippen LogP contribution is 2.18. The molecule has 0 aliphatic rings. The Morgan fingerprint density at radius 2 is 1.74 bits per heavy atom. The summed E-state index contributed by atoms with van der Waals surface area (Å²) in [6.45, 7) is 3.52. The monoisotopic (exact) mass is 396 g/mol. The van der Waals surface area contributed by atoms with E-state index in [1.807, 2.05) is 26.0 Å². The summed E-state index contributed by atoms with van der Waals surface area (Å²) in [6.07, 6.45) is 0. The Labute approximate surface area is 144 Å². The predicted molar refractivity (Wildman–Crippen MR) is 93.9 cm³/mol. The normalized spacial score (nSPS) is 11.3. The van der Waals surface area contributed by atoms with Crippen molar-refractivity contribution in [3.63, 3.8) is 0 Å². The van der Waals surface area contributed by atoms with Crippen LogP contribution < -0.4 is 10.0 Å². The first-order valence-electron chi connectivity index (χ1n) is 6.91. The lowest BCUT2D eigenvalue weighted by Gasteiger charge is -2.11. The van der Waals surface area contributed by atoms with E-state index in [0.29, 0.717) is 5.69 Å². The van der Waals surface area contributed by atoms with E-state index < -0.39 is 15.9 Å². The van der Waals surface area contributed by atoms with Gasteiger partial charge >= 0.3 is 0 Å². The fraction of sp³-hybridized carbons (Fsp3) is 0.188. The number of sulfonamides is 1. The van der Waals surface area contributed by atoms with Gasteiger partial charge in [0.05, 0.1) is 11.4 Å². The number of halogens is 1. The highest BCUT2D eigenvalue weighted by molar-refractivity contribution is 9.10. The smallest absolute Gasteiger partial charge is 0.241 e. The van der Waals surface area contributed by atoms with Gasteiger partial charge in [0, 0.05) is 10.2 Å². The summed E-state index contributed by atoms with van der Waals surface area (Å²) < 4.78 is 27.3. The lowest BCUT2D eigenvalue weighted by molar-refractivity contribution is -0.115. The molecule has 0 saturated heterocycles. The third kappa shape index (κ3) is 4.63. The van der Waals surface area contributed by atoms with Gasteiger partial charge in [-0.05, 0) is 55.3 Å². The molecule has 7 heteroatoms. The van der Waals surface area contributed by atoms with Crippen LogP contribution in [0, 0.1) is 13.8 Å². The van der Waals surface area contributed by atoms with Gasteiger partial charge in [-0.25, -0.2) is 13.1 Å². The van der Waals surface area contributed by atoms with Crippen molar-refractivity contribution < 1.29 is 13.2 Å². The van der Waals surface area contributed by atoms with Crippen LogP contribution in [0.4, 0.5) is 5.69 Å². The Morgan fingerprint density at radius 3 is 2.39 bits per heavy atom. The third-order valence-electron chi connectivity index (χ3n) is 3.43. The largest absolute Gasteiger partial charge is 0.325 e. The van der Waals surface area contributed by atoms with Crippen LogP contribution in [0.25, 0.3) is 0 Å². The van der Waals surface area contributed by atoms with Gasteiger partial charge < -0.3 is 5.32 Å². The van der Waals surface area contributed by atoms with Gasteiger partial charge in [0.1, 0.15) is 0 Å². The van der Waals surface area contributed by atoms with Gasteiger partial charge in [0.2, 0.25) is 15.9 Å². The molecule has 2 aromatic carbocycles. The van der Waals surface area contributed by atoms with E-state index in [1.165, 1.54) is 12.1 Å². The fourth-order valence-electron chi connectivity index (χ4n) is 1.94. The second kappa shape index (κ2) is 7.25. The molecule has 0 aliphatic heterocycles. The SMILES string of the molecule is Cc1cccc(NC(=O)CNS(=O)(=O)c2ccc(Br)cc2)c1C. The average Bonchev–Trinajstić information content (AvgIpc) is 2.50. The van der Waals surface area contributed by atoms with Gasteiger partial charge in [-0.3, -0.25) is 4.79 Å². The molecule has 0 fully saturated rings. The third-order valence-corrected chi connectivity index (χ3v) is 5.37. The van der Waals surface area contributed by atoms with Crippen molar-refractivity contribution in [2.45, 2.75) is 18.7 Å². The van der Waals surface area contributed by atoms with Crippen molar-refractivity contribution in [1.29, 1.82) is 0 Å². The van der Waals surface area contributed by atoms with Gasteiger partial charge in [0.25, 0.3) is 0 Å². The Kier molecular flexibility index (Phi) is 5.56. The minimum atomic E-state index is -3.71. The summed E-state index contributed by atoms with van der Waals surface area (Å²) in [5.74, 6) is -0.417. The van der Waals surface area contributed by atoms with Gasteiger partial charge in [-0.15, -0.1) is 0 Å². The summed E-state index contributed by atoms with van der Waals surface area (Å²) in [5, 5.41) is 2.71. The molecule has 0 heterocycles. The lowest BCUT2D eigenvalue weighted by atomic mass is 10.1.